The van der Waals surface area contributed by atoms with Gasteiger partial charge in [0.15, 0.2) is 5.78 Å². The standard InChI is InChI=1S/C17H17NO3S/c19-14-4-1-3-11-12(14)6-7-13(11)18-17(21)9-8-15(20)16-5-2-10-22-16/h1-5,10,13,19H,6-9H2,(H,18,21). The van der Waals surface area contributed by atoms with Crippen molar-refractivity contribution in [3.8, 4) is 5.75 Å². The van der Waals surface area contributed by atoms with E-state index in [1.54, 1.807) is 18.2 Å². The van der Waals surface area contributed by atoms with Crippen molar-refractivity contribution in [1.82, 2.24) is 5.32 Å². The predicted octanol–water partition coefficient (Wildman–Crippen LogP) is 3.22. The molecule has 1 amide bonds. The molecule has 0 saturated carbocycles. The Balaban J connectivity index is 1.56. The van der Waals surface area contributed by atoms with Crippen LogP contribution in [0.3, 0.4) is 0 Å². The molecule has 1 atom stereocenters. The van der Waals surface area contributed by atoms with E-state index in [2.05, 4.69) is 5.32 Å². The minimum atomic E-state index is -0.119. The number of amides is 1. The van der Waals surface area contributed by atoms with Crippen molar-refractivity contribution in [3.63, 3.8) is 0 Å². The van der Waals surface area contributed by atoms with E-state index < -0.39 is 0 Å². The molecule has 2 aromatic rings. The van der Waals surface area contributed by atoms with Crippen molar-refractivity contribution < 1.29 is 14.7 Å². The van der Waals surface area contributed by atoms with Crippen molar-refractivity contribution in [2.75, 3.05) is 0 Å². The van der Waals surface area contributed by atoms with Gasteiger partial charge in [-0.3, -0.25) is 9.59 Å². The summed E-state index contributed by atoms with van der Waals surface area (Å²) in [5, 5.41) is 14.6. The molecule has 0 fully saturated rings. The Morgan fingerprint density at radius 2 is 2.09 bits per heavy atom. The van der Waals surface area contributed by atoms with E-state index >= 15 is 0 Å². The first-order chi connectivity index (χ1) is 10.6. The lowest BCUT2D eigenvalue weighted by Gasteiger charge is -2.14. The number of rotatable bonds is 5. The second-order valence-electron chi connectivity index (χ2n) is 5.40. The van der Waals surface area contributed by atoms with Gasteiger partial charge in [-0.25, -0.2) is 0 Å². The lowest BCUT2D eigenvalue weighted by molar-refractivity contribution is -0.121. The Labute approximate surface area is 132 Å². The van der Waals surface area contributed by atoms with Crippen molar-refractivity contribution >= 4 is 23.0 Å². The van der Waals surface area contributed by atoms with Crippen LogP contribution in [0.15, 0.2) is 35.7 Å². The highest BCUT2D eigenvalue weighted by Crippen LogP contribution is 2.36. The maximum absolute atomic E-state index is 12.0. The smallest absolute Gasteiger partial charge is 0.220 e. The second-order valence-corrected chi connectivity index (χ2v) is 6.35. The number of phenols is 1. The largest absolute Gasteiger partial charge is 0.508 e. The molecule has 4 nitrogen and oxygen atoms in total. The molecule has 3 rings (SSSR count). The molecule has 1 aliphatic rings. The van der Waals surface area contributed by atoms with Crippen LogP contribution in [0.2, 0.25) is 0 Å². The number of hydrogen-bond acceptors (Lipinski definition) is 4. The van der Waals surface area contributed by atoms with Crippen molar-refractivity contribution in [2.24, 2.45) is 0 Å². The van der Waals surface area contributed by atoms with E-state index in [1.165, 1.54) is 11.3 Å². The highest BCUT2D eigenvalue weighted by Gasteiger charge is 2.25. The summed E-state index contributed by atoms with van der Waals surface area (Å²) >= 11 is 1.40. The van der Waals surface area contributed by atoms with Crippen LogP contribution < -0.4 is 5.32 Å². The van der Waals surface area contributed by atoms with Gasteiger partial charge < -0.3 is 10.4 Å². The van der Waals surface area contributed by atoms with E-state index in [4.69, 9.17) is 0 Å². The van der Waals surface area contributed by atoms with Gasteiger partial charge in [0.2, 0.25) is 5.91 Å². The normalized spacial score (nSPS) is 16.3. The molecule has 1 heterocycles. The van der Waals surface area contributed by atoms with Crippen LogP contribution in [-0.2, 0) is 11.2 Å². The number of carbonyl (C=O) groups excluding carboxylic acids is 2. The van der Waals surface area contributed by atoms with Crippen molar-refractivity contribution in [2.45, 2.75) is 31.7 Å². The molecule has 0 saturated heterocycles. The summed E-state index contributed by atoms with van der Waals surface area (Å²) in [5.74, 6) is 0.183. The zero-order valence-electron chi connectivity index (χ0n) is 12.0. The summed E-state index contributed by atoms with van der Waals surface area (Å²) in [6.07, 6.45) is 1.98. The second kappa shape index (κ2) is 6.32. The topological polar surface area (TPSA) is 66.4 Å². The minimum Gasteiger partial charge on any atom is -0.508 e. The lowest BCUT2D eigenvalue weighted by Crippen LogP contribution is -2.27. The van der Waals surface area contributed by atoms with Crippen LogP contribution in [0, 0.1) is 0 Å². The summed E-state index contributed by atoms with van der Waals surface area (Å²) in [6, 6.07) is 8.94. The van der Waals surface area contributed by atoms with Crippen molar-refractivity contribution in [3.05, 3.63) is 51.7 Å². The van der Waals surface area contributed by atoms with Gasteiger partial charge in [-0.05, 0) is 41.5 Å². The third kappa shape index (κ3) is 3.04. The van der Waals surface area contributed by atoms with Gasteiger partial charge in [-0.1, -0.05) is 18.2 Å². The van der Waals surface area contributed by atoms with Crippen LogP contribution in [0.4, 0.5) is 0 Å². The summed E-state index contributed by atoms with van der Waals surface area (Å²) in [6.45, 7) is 0. The summed E-state index contributed by atoms with van der Waals surface area (Å²) in [4.78, 5) is 24.6. The number of nitrogens with one attached hydrogen (secondary N) is 1. The lowest BCUT2D eigenvalue weighted by atomic mass is 10.1. The number of carbonyl (C=O) groups is 2. The summed E-state index contributed by atoms with van der Waals surface area (Å²) in [7, 11) is 0. The zero-order valence-corrected chi connectivity index (χ0v) is 12.9. The number of phenolic OH excluding ortho intramolecular Hbond substituents is 1. The fourth-order valence-corrected chi connectivity index (χ4v) is 3.53. The Kier molecular flexibility index (Phi) is 4.24. The molecule has 5 heteroatoms. The van der Waals surface area contributed by atoms with Gasteiger partial charge >= 0.3 is 0 Å². The molecule has 22 heavy (non-hydrogen) atoms. The predicted molar refractivity (Wildman–Crippen MR) is 85.2 cm³/mol. The van der Waals surface area contributed by atoms with E-state index in [9.17, 15) is 14.7 Å². The molecule has 1 aromatic heterocycles. The monoisotopic (exact) mass is 315 g/mol. The molecule has 0 aliphatic heterocycles. The Morgan fingerprint density at radius 1 is 1.23 bits per heavy atom. The van der Waals surface area contributed by atoms with Crippen LogP contribution >= 0.6 is 11.3 Å². The number of thiophene rings is 1. The number of fused-ring (bicyclic) bond motifs is 1. The molecule has 0 bridgehead atoms. The molecule has 1 aromatic carbocycles. The first kappa shape index (κ1) is 14.8. The number of Topliss-reactive ketones (excluding diaryl/α,β-unsaturated/α-hetero) is 1. The molecule has 2 N–H and O–H groups in total. The third-order valence-corrected chi connectivity index (χ3v) is 4.87. The van der Waals surface area contributed by atoms with Gasteiger partial charge in [0.25, 0.3) is 0 Å². The van der Waals surface area contributed by atoms with E-state index in [1.807, 2.05) is 17.5 Å². The van der Waals surface area contributed by atoms with Gasteiger partial charge in [0, 0.05) is 12.8 Å². The fraction of sp³-hybridized carbons (Fsp3) is 0.294. The van der Waals surface area contributed by atoms with E-state index in [-0.39, 0.29) is 30.6 Å². The third-order valence-electron chi connectivity index (χ3n) is 3.96. The molecule has 114 valence electrons. The Hall–Kier alpha value is -2.14. The fourth-order valence-electron chi connectivity index (χ4n) is 2.84. The van der Waals surface area contributed by atoms with Gasteiger partial charge in [0.1, 0.15) is 5.75 Å². The summed E-state index contributed by atoms with van der Waals surface area (Å²) < 4.78 is 0. The maximum atomic E-state index is 12.0. The highest BCUT2D eigenvalue weighted by atomic mass is 32.1. The quantitative estimate of drug-likeness (QED) is 0.833. The number of benzene rings is 1. The van der Waals surface area contributed by atoms with Gasteiger partial charge in [-0.15, -0.1) is 11.3 Å². The van der Waals surface area contributed by atoms with Crippen LogP contribution in [0.25, 0.3) is 0 Å². The molecule has 1 aliphatic carbocycles. The van der Waals surface area contributed by atoms with E-state index in [0.29, 0.717) is 10.6 Å². The maximum Gasteiger partial charge on any atom is 0.220 e. The molecular formula is C17H17NO3S. The number of aromatic hydroxyl groups is 1. The molecule has 0 radical (unpaired) electrons. The van der Waals surface area contributed by atoms with Crippen molar-refractivity contribution in [1.29, 1.82) is 0 Å². The van der Waals surface area contributed by atoms with Gasteiger partial charge in [0.05, 0.1) is 10.9 Å². The molecule has 0 spiro atoms. The van der Waals surface area contributed by atoms with Crippen LogP contribution in [0.1, 0.15) is 46.1 Å². The van der Waals surface area contributed by atoms with Crippen LogP contribution in [0.5, 0.6) is 5.75 Å². The zero-order chi connectivity index (χ0) is 15.5. The van der Waals surface area contributed by atoms with Crippen LogP contribution in [-0.4, -0.2) is 16.8 Å². The first-order valence-corrected chi connectivity index (χ1v) is 8.20. The Morgan fingerprint density at radius 3 is 2.86 bits per heavy atom. The minimum absolute atomic E-state index is 0.00890. The average molecular weight is 315 g/mol. The first-order valence-electron chi connectivity index (χ1n) is 7.32. The SMILES string of the molecule is O=C(CCC(=O)c1cccs1)NC1CCc2c(O)cccc21. The molecule has 1 unspecified atom stereocenters. The number of ketones is 1. The molecular weight excluding hydrogens is 298 g/mol. The highest BCUT2D eigenvalue weighted by molar-refractivity contribution is 7.12. The number of hydrogen-bond donors (Lipinski definition) is 2. The summed E-state index contributed by atoms with van der Waals surface area (Å²) in [5.41, 5.74) is 1.90. The van der Waals surface area contributed by atoms with Gasteiger partial charge in [-0.2, -0.15) is 0 Å². The Bertz CT molecular complexity index is 694. The average Bonchev–Trinajstić information content (AvgIpc) is 3.16. The van der Waals surface area contributed by atoms with E-state index in [0.717, 1.165) is 24.0 Å².